The fourth-order valence-corrected chi connectivity index (χ4v) is 3.85. The second kappa shape index (κ2) is 7.68. The van der Waals surface area contributed by atoms with Gasteiger partial charge in [0.2, 0.25) is 5.91 Å². The number of piperidine rings is 1. The van der Waals surface area contributed by atoms with E-state index < -0.39 is 17.3 Å². The summed E-state index contributed by atoms with van der Waals surface area (Å²) in [6, 6.07) is 12.5. The van der Waals surface area contributed by atoms with E-state index in [1.807, 2.05) is 29.3 Å². The van der Waals surface area contributed by atoms with Gasteiger partial charge in [-0.25, -0.2) is 0 Å². The van der Waals surface area contributed by atoms with Crippen LogP contribution < -0.4 is 10.2 Å². The van der Waals surface area contributed by atoms with E-state index in [4.69, 9.17) is 0 Å². The molecule has 3 N–H and O–H groups in total. The number of anilines is 2. The number of benzene rings is 2. The quantitative estimate of drug-likeness (QED) is 0.584. The van der Waals surface area contributed by atoms with Gasteiger partial charge in [0.15, 0.2) is 0 Å². The third-order valence-electron chi connectivity index (χ3n) is 5.58. The Morgan fingerprint density at radius 2 is 1.80 bits per heavy atom. The lowest BCUT2D eigenvalue weighted by molar-refractivity contribution is -0.137. The van der Waals surface area contributed by atoms with Crippen LogP contribution in [0.5, 0.6) is 0 Å². The first kappa shape index (κ1) is 20.3. The second-order valence-corrected chi connectivity index (χ2v) is 7.76. The number of hydrogen-bond donors (Lipinski definition) is 3. The summed E-state index contributed by atoms with van der Waals surface area (Å²) in [5.74, 6) is -0.268. The summed E-state index contributed by atoms with van der Waals surface area (Å²) in [7, 11) is 0. The van der Waals surface area contributed by atoms with Crippen molar-refractivity contribution in [2.24, 2.45) is 0 Å². The van der Waals surface area contributed by atoms with E-state index in [2.05, 4.69) is 10.3 Å². The molecule has 1 saturated heterocycles. The first-order valence-electron chi connectivity index (χ1n) is 9.74. The topological polar surface area (TPSA) is 68.4 Å². The number of amides is 1. The minimum atomic E-state index is -4.36. The van der Waals surface area contributed by atoms with E-state index in [1.54, 1.807) is 6.07 Å². The van der Waals surface area contributed by atoms with E-state index in [-0.39, 0.29) is 12.3 Å². The van der Waals surface area contributed by atoms with Crippen LogP contribution >= 0.6 is 0 Å². The lowest BCUT2D eigenvalue weighted by Gasteiger charge is -2.39. The molecule has 5 nitrogen and oxygen atoms in total. The van der Waals surface area contributed by atoms with Crippen LogP contribution in [0.4, 0.5) is 24.5 Å². The standard InChI is InChI=1S/C22H22F3N3O2/c23-22(24,25)16-1-4-18(5-2-16)28-11-8-21(30,9-12-28)14-20(29)27-17-3-6-19-15(13-17)7-10-26-19/h1-7,10,13,26,30H,8-9,11-12,14H2,(H,27,29). The normalized spacial score (nSPS) is 16.6. The Balaban J connectivity index is 1.33. The molecule has 2 heterocycles. The second-order valence-electron chi connectivity index (χ2n) is 7.76. The van der Waals surface area contributed by atoms with Crippen LogP contribution in [0.1, 0.15) is 24.8 Å². The number of halogens is 3. The summed E-state index contributed by atoms with van der Waals surface area (Å²) < 4.78 is 38.1. The minimum Gasteiger partial charge on any atom is -0.389 e. The van der Waals surface area contributed by atoms with Gasteiger partial charge >= 0.3 is 6.18 Å². The Morgan fingerprint density at radius 1 is 1.10 bits per heavy atom. The van der Waals surface area contributed by atoms with Crippen LogP contribution in [0.2, 0.25) is 0 Å². The van der Waals surface area contributed by atoms with Gasteiger partial charge < -0.3 is 20.3 Å². The third-order valence-corrected chi connectivity index (χ3v) is 5.58. The number of fused-ring (bicyclic) bond motifs is 1. The van der Waals surface area contributed by atoms with Gasteiger partial charge in [-0.15, -0.1) is 0 Å². The van der Waals surface area contributed by atoms with Crippen molar-refractivity contribution >= 4 is 28.2 Å². The molecule has 1 amide bonds. The molecular formula is C22H22F3N3O2. The highest BCUT2D eigenvalue weighted by Crippen LogP contribution is 2.33. The Hall–Kier alpha value is -3.00. The van der Waals surface area contributed by atoms with Gasteiger partial charge in [-0.1, -0.05) is 0 Å². The molecule has 1 aliphatic heterocycles. The van der Waals surface area contributed by atoms with Gasteiger partial charge in [0.05, 0.1) is 17.6 Å². The SMILES string of the molecule is O=C(CC1(O)CCN(c2ccc(C(F)(F)F)cc2)CC1)Nc1ccc2[nH]ccc2c1. The number of alkyl halides is 3. The zero-order valence-corrected chi connectivity index (χ0v) is 16.2. The monoisotopic (exact) mass is 417 g/mol. The smallest absolute Gasteiger partial charge is 0.389 e. The molecule has 0 bridgehead atoms. The number of hydrogen-bond acceptors (Lipinski definition) is 3. The molecule has 4 rings (SSSR count). The first-order chi connectivity index (χ1) is 14.2. The zero-order valence-electron chi connectivity index (χ0n) is 16.2. The van der Waals surface area contributed by atoms with E-state index in [0.717, 1.165) is 23.0 Å². The number of carbonyl (C=O) groups excluding carboxylic acids is 1. The highest BCUT2D eigenvalue weighted by Gasteiger charge is 2.35. The van der Waals surface area contributed by atoms with E-state index in [1.165, 1.54) is 12.1 Å². The molecule has 0 spiro atoms. The molecule has 2 aromatic carbocycles. The summed E-state index contributed by atoms with van der Waals surface area (Å²) >= 11 is 0. The summed E-state index contributed by atoms with van der Waals surface area (Å²) in [4.78, 5) is 17.5. The van der Waals surface area contributed by atoms with Gasteiger partial charge in [0.1, 0.15) is 0 Å². The predicted octanol–water partition coefficient (Wildman–Crippen LogP) is 4.55. The Kier molecular flexibility index (Phi) is 5.19. The number of rotatable bonds is 4. The molecule has 158 valence electrons. The average molecular weight is 417 g/mol. The molecule has 1 aromatic heterocycles. The van der Waals surface area contributed by atoms with Crippen molar-refractivity contribution in [2.75, 3.05) is 23.3 Å². The van der Waals surface area contributed by atoms with Crippen molar-refractivity contribution in [3.63, 3.8) is 0 Å². The van der Waals surface area contributed by atoms with Crippen LogP contribution in [-0.4, -0.2) is 34.7 Å². The molecule has 3 aromatic rings. The Labute approximate surface area is 171 Å². The van der Waals surface area contributed by atoms with Gasteiger partial charge in [0.25, 0.3) is 0 Å². The van der Waals surface area contributed by atoms with Crippen LogP contribution in [0.15, 0.2) is 54.7 Å². The molecule has 0 aliphatic carbocycles. The molecule has 0 radical (unpaired) electrons. The molecule has 1 aliphatic rings. The maximum Gasteiger partial charge on any atom is 0.416 e. The average Bonchev–Trinajstić information content (AvgIpc) is 3.15. The molecule has 0 unspecified atom stereocenters. The van der Waals surface area contributed by atoms with Crippen molar-refractivity contribution in [3.8, 4) is 0 Å². The summed E-state index contributed by atoms with van der Waals surface area (Å²) in [6.07, 6.45) is -1.85. The lowest BCUT2D eigenvalue weighted by Crippen LogP contribution is -2.46. The van der Waals surface area contributed by atoms with Crippen LogP contribution in [-0.2, 0) is 11.0 Å². The molecule has 1 fully saturated rings. The molecule has 0 saturated carbocycles. The van der Waals surface area contributed by atoms with Crippen molar-refractivity contribution in [3.05, 3.63) is 60.3 Å². The number of carbonyl (C=O) groups is 1. The Morgan fingerprint density at radius 3 is 2.47 bits per heavy atom. The van der Waals surface area contributed by atoms with Gasteiger partial charge in [-0.05, 0) is 61.4 Å². The number of aromatic nitrogens is 1. The lowest BCUT2D eigenvalue weighted by atomic mass is 9.87. The number of aliphatic hydroxyl groups is 1. The van der Waals surface area contributed by atoms with E-state index in [0.29, 0.717) is 37.3 Å². The fourth-order valence-electron chi connectivity index (χ4n) is 3.85. The number of nitrogens with one attached hydrogen (secondary N) is 2. The van der Waals surface area contributed by atoms with Crippen molar-refractivity contribution in [2.45, 2.75) is 31.0 Å². The minimum absolute atomic E-state index is 0.0287. The van der Waals surface area contributed by atoms with Crippen LogP contribution in [0, 0.1) is 0 Å². The van der Waals surface area contributed by atoms with Gasteiger partial charge in [-0.3, -0.25) is 4.79 Å². The highest BCUT2D eigenvalue weighted by molar-refractivity contribution is 5.94. The fraction of sp³-hybridized carbons (Fsp3) is 0.318. The zero-order chi connectivity index (χ0) is 21.4. The van der Waals surface area contributed by atoms with Crippen LogP contribution in [0.25, 0.3) is 10.9 Å². The van der Waals surface area contributed by atoms with Crippen LogP contribution in [0.3, 0.4) is 0 Å². The largest absolute Gasteiger partial charge is 0.416 e. The van der Waals surface area contributed by atoms with Crippen molar-refractivity contribution in [1.29, 1.82) is 0 Å². The highest BCUT2D eigenvalue weighted by atomic mass is 19.4. The first-order valence-corrected chi connectivity index (χ1v) is 9.74. The maximum absolute atomic E-state index is 12.7. The van der Waals surface area contributed by atoms with E-state index in [9.17, 15) is 23.1 Å². The molecule has 0 atom stereocenters. The molecular weight excluding hydrogens is 395 g/mol. The van der Waals surface area contributed by atoms with Gasteiger partial charge in [0, 0.05) is 41.6 Å². The van der Waals surface area contributed by atoms with Crippen molar-refractivity contribution in [1.82, 2.24) is 4.98 Å². The number of nitrogens with zero attached hydrogens (tertiary/aromatic N) is 1. The van der Waals surface area contributed by atoms with Crippen molar-refractivity contribution < 1.29 is 23.1 Å². The molecule has 30 heavy (non-hydrogen) atoms. The summed E-state index contributed by atoms with van der Waals surface area (Å²) in [6.45, 7) is 0.926. The Bertz CT molecular complexity index is 1040. The molecule has 8 heteroatoms. The summed E-state index contributed by atoms with van der Waals surface area (Å²) in [5, 5.41) is 14.6. The van der Waals surface area contributed by atoms with E-state index >= 15 is 0 Å². The van der Waals surface area contributed by atoms with Gasteiger partial charge in [-0.2, -0.15) is 13.2 Å². The maximum atomic E-state index is 12.7. The number of aromatic amines is 1. The predicted molar refractivity (Wildman–Crippen MR) is 109 cm³/mol. The number of H-pyrrole nitrogens is 1. The summed E-state index contributed by atoms with van der Waals surface area (Å²) in [5.41, 5.74) is 0.494. The third kappa shape index (κ3) is 4.43.